The van der Waals surface area contributed by atoms with Crippen LogP contribution in [0, 0.1) is 0 Å². The van der Waals surface area contributed by atoms with Gasteiger partial charge in [-0.2, -0.15) is 5.06 Å². The van der Waals surface area contributed by atoms with Crippen LogP contribution in [0.5, 0.6) is 0 Å². The lowest BCUT2D eigenvalue weighted by Crippen LogP contribution is -2.33. The largest absolute Gasteiger partial charge is 0.480 e. The van der Waals surface area contributed by atoms with Gasteiger partial charge in [0.1, 0.15) is 13.2 Å². The molecule has 1 rings (SSSR count). The monoisotopic (exact) mass is 238 g/mol. The molecular weight excluding hydrogens is 224 g/mol. The molecule has 92 valence electrons. The highest BCUT2D eigenvalue weighted by molar-refractivity contribution is 5.75. The number of nitrogens with zero attached hydrogens (tertiary/aromatic N) is 1. The number of benzene rings is 1. The van der Waals surface area contributed by atoms with Crippen molar-refractivity contribution >= 4 is 11.9 Å². The number of primary amides is 1. The Balaban J connectivity index is 2.56. The van der Waals surface area contributed by atoms with Gasteiger partial charge in [-0.15, -0.1) is 0 Å². The van der Waals surface area contributed by atoms with Gasteiger partial charge in [-0.05, 0) is 5.56 Å². The number of hydrogen-bond donors (Lipinski definition) is 2. The predicted octanol–water partition coefficient (Wildman–Crippen LogP) is -0.00990. The molecular formula is C11H14N2O4. The standard InChI is InChI=1S/C11H14N2O4/c12-10(14)8-17-13(7-11(15)16)6-9-4-2-1-3-5-9/h1-5H,6-8H2,(H2,12,14)(H,15,16). The molecule has 3 N–H and O–H groups in total. The summed E-state index contributed by atoms with van der Waals surface area (Å²) in [7, 11) is 0. The summed E-state index contributed by atoms with van der Waals surface area (Å²) in [4.78, 5) is 26.2. The fourth-order valence-electron chi connectivity index (χ4n) is 1.24. The number of nitrogens with two attached hydrogens (primary N) is 1. The quantitative estimate of drug-likeness (QED) is 0.652. The van der Waals surface area contributed by atoms with Gasteiger partial charge < -0.3 is 10.8 Å². The molecule has 1 aromatic carbocycles. The van der Waals surface area contributed by atoms with Gasteiger partial charge in [-0.25, -0.2) is 0 Å². The van der Waals surface area contributed by atoms with E-state index in [1.165, 1.54) is 5.06 Å². The fourth-order valence-corrected chi connectivity index (χ4v) is 1.24. The van der Waals surface area contributed by atoms with Crippen molar-refractivity contribution in [1.29, 1.82) is 0 Å². The van der Waals surface area contributed by atoms with Gasteiger partial charge in [0.25, 0.3) is 0 Å². The van der Waals surface area contributed by atoms with Crippen molar-refractivity contribution in [1.82, 2.24) is 5.06 Å². The molecule has 1 amide bonds. The van der Waals surface area contributed by atoms with E-state index in [-0.39, 0.29) is 19.7 Å². The van der Waals surface area contributed by atoms with Crippen LogP contribution in [0.4, 0.5) is 0 Å². The van der Waals surface area contributed by atoms with Crippen molar-refractivity contribution < 1.29 is 19.5 Å². The molecule has 0 fully saturated rings. The van der Waals surface area contributed by atoms with Crippen LogP contribution in [0.1, 0.15) is 5.56 Å². The summed E-state index contributed by atoms with van der Waals surface area (Å²) in [6.45, 7) is -0.372. The highest BCUT2D eigenvalue weighted by Gasteiger charge is 2.12. The molecule has 0 aliphatic carbocycles. The first kappa shape index (κ1) is 13.1. The molecule has 0 atom stereocenters. The molecule has 0 aromatic heterocycles. The second kappa shape index (κ2) is 6.62. The highest BCUT2D eigenvalue weighted by atomic mass is 16.7. The molecule has 0 saturated carbocycles. The summed E-state index contributed by atoms with van der Waals surface area (Å²) in [5.74, 6) is -1.68. The molecule has 0 aliphatic rings. The predicted molar refractivity (Wildman–Crippen MR) is 59.6 cm³/mol. The number of amides is 1. The Morgan fingerprint density at radius 1 is 1.29 bits per heavy atom. The van der Waals surface area contributed by atoms with Crippen LogP contribution >= 0.6 is 0 Å². The van der Waals surface area contributed by atoms with Gasteiger partial charge in [-0.3, -0.25) is 14.4 Å². The summed E-state index contributed by atoms with van der Waals surface area (Å²) in [5.41, 5.74) is 5.81. The minimum atomic E-state index is -1.04. The number of carboxylic acid groups (broad SMARTS) is 1. The van der Waals surface area contributed by atoms with E-state index < -0.39 is 11.9 Å². The summed E-state index contributed by atoms with van der Waals surface area (Å²) in [6, 6.07) is 9.20. The van der Waals surface area contributed by atoms with Crippen molar-refractivity contribution in [3.63, 3.8) is 0 Å². The maximum Gasteiger partial charge on any atom is 0.320 e. The van der Waals surface area contributed by atoms with Crippen LogP contribution < -0.4 is 5.73 Å². The van der Waals surface area contributed by atoms with Crippen LogP contribution in [0.15, 0.2) is 30.3 Å². The first-order valence-electron chi connectivity index (χ1n) is 5.00. The van der Waals surface area contributed by atoms with Crippen LogP contribution in [0.2, 0.25) is 0 Å². The van der Waals surface area contributed by atoms with Crippen LogP contribution in [0.25, 0.3) is 0 Å². The van der Waals surface area contributed by atoms with Gasteiger partial charge in [0.05, 0.1) is 0 Å². The van der Waals surface area contributed by atoms with Crippen LogP contribution in [-0.4, -0.2) is 35.2 Å². The molecule has 6 heteroatoms. The summed E-state index contributed by atoms with van der Waals surface area (Å²) < 4.78 is 0. The average Bonchev–Trinajstić information content (AvgIpc) is 2.26. The molecule has 0 aliphatic heterocycles. The Morgan fingerprint density at radius 2 is 1.94 bits per heavy atom. The SMILES string of the molecule is NC(=O)CON(CC(=O)O)Cc1ccccc1. The second-order valence-electron chi connectivity index (χ2n) is 3.42. The number of hydrogen-bond acceptors (Lipinski definition) is 4. The van der Waals surface area contributed by atoms with Gasteiger partial charge >= 0.3 is 5.97 Å². The Bertz CT molecular complexity index is 380. The average molecular weight is 238 g/mol. The number of carboxylic acids is 1. The minimum absolute atomic E-state index is 0.278. The summed E-state index contributed by atoms with van der Waals surface area (Å²) >= 11 is 0. The molecule has 0 radical (unpaired) electrons. The lowest BCUT2D eigenvalue weighted by molar-refractivity contribution is -0.184. The van der Waals surface area contributed by atoms with E-state index in [1.54, 1.807) is 0 Å². The zero-order valence-corrected chi connectivity index (χ0v) is 9.20. The first-order chi connectivity index (χ1) is 8.08. The first-order valence-corrected chi connectivity index (χ1v) is 5.00. The molecule has 6 nitrogen and oxygen atoms in total. The van der Waals surface area contributed by atoms with E-state index >= 15 is 0 Å². The Hall–Kier alpha value is -1.92. The molecule has 1 aromatic rings. The maximum atomic E-state index is 10.6. The molecule has 0 unspecified atom stereocenters. The van der Waals surface area contributed by atoms with E-state index in [4.69, 9.17) is 15.7 Å². The lowest BCUT2D eigenvalue weighted by atomic mass is 10.2. The Morgan fingerprint density at radius 3 is 2.47 bits per heavy atom. The molecule has 0 bridgehead atoms. The molecule has 0 spiro atoms. The van der Waals surface area contributed by atoms with Crippen molar-refractivity contribution in [3.8, 4) is 0 Å². The third-order valence-corrected chi connectivity index (χ3v) is 1.90. The van der Waals surface area contributed by atoms with Crippen LogP contribution in [-0.2, 0) is 21.0 Å². The van der Waals surface area contributed by atoms with Crippen molar-refractivity contribution in [2.45, 2.75) is 6.54 Å². The Kier molecular flexibility index (Phi) is 5.12. The third kappa shape index (κ3) is 5.64. The van der Waals surface area contributed by atoms with E-state index in [1.807, 2.05) is 30.3 Å². The summed E-state index contributed by atoms with van der Waals surface area (Å²) in [6.07, 6.45) is 0. The second-order valence-corrected chi connectivity index (χ2v) is 3.42. The van der Waals surface area contributed by atoms with Gasteiger partial charge in [0.2, 0.25) is 5.91 Å². The fraction of sp³-hybridized carbons (Fsp3) is 0.273. The van der Waals surface area contributed by atoms with Gasteiger partial charge in [-0.1, -0.05) is 30.3 Å². The third-order valence-electron chi connectivity index (χ3n) is 1.90. The van der Waals surface area contributed by atoms with Crippen LogP contribution in [0.3, 0.4) is 0 Å². The Labute approximate surface area is 98.5 Å². The van der Waals surface area contributed by atoms with Gasteiger partial charge in [0.15, 0.2) is 0 Å². The smallest absolute Gasteiger partial charge is 0.320 e. The minimum Gasteiger partial charge on any atom is -0.480 e. The zero-order chi connectivity index (χ0) is 12.7. The topological polar surface area (TPSA) is 92.9 Å². The maximum absolute atomic E-state index is 10.6. The van der Waals surface area contributed by atoms with Gasteiger partial charge in [0, 0.05) is 6.54 Å². The van der Waals surface area contributed by atoms with E-state index in [2.05, 4.69) is 0 Å². The number of carbonyl (C=O) groups is 2. The number of carbonyl (C=O) groups excluding carboxylic acids is 1. The summed E-state index contributed by atoms with van der Waals surface area (Å²) in [5, 5.41) is 9.87. The van der Waals surface area contributed by atoms with Crippen molar-refractivity contribution in [2.24, 2.45) is 5.73 Å². The molecule has 0 heterocycles. The van der Waals surface area contributed by atoms with E-state index in [9.17, 15) is 9.59 Å². The number of hydroxylamine groups is 2. The number of rotatable bonds is 7. The zero-order valence-electron chi connectivity index (χ0n) is 9.20. The van der Waals surface area contributed by atoms with Crippen molar-refractivity contribution in [3.05, 3.63) is 35.9 Å². The lowest BCUT2D eigenvalue weighted by Gasteiger charge is -2.18. The van der Waals surface area contributed by atoms with Crippen molar-refractivity contribution in [2.75, 3.05) is 13.2 Å². The normalized spacial score (nSPS) is 10.4. The molecule has 0 saturated heterocycles. The highest BCUT2D eigenvalue weighted by Crippen LogP contribution is 2.04. The molecule has 17 heavy (non-hydrogen) atoms. The van der Waals surface area contributed by atoms with E-state index in [0.717, 1.165) is 5.56 Å². The number of aliphatic carboxylic acids is 1. The van der Waals surface area contributed by atoms with E-state index in [0.29, 0.717) is 0 Å².